The van der Waals surface area contributed by atoms with Gasteiger partial charge < -0.3 is 5.73 Å². The second-order valence-corrected chi connectivity index (χ2v) is 5.21. The molecule has 90 valence electrons. The van der Waals surface area contributed by atoms with Crippen LogP contribution in [0.4, 0.5) is 8.78 Å². The molecule has 1 fully saturated rings. The molecule has 1 aliphatic carbocycles. The van der Waals surface area contributed by atoms with E-state index in [9.17, 15) is 8.78 Å². The number of hydrogen-bond acceptors (Lipinski definition) is 2. The monoisotopic (exact) mass is 229 g/mol. The molecule has 0 spiro atoms. The minimum atomic E-state index is -2.60. The van der Waals surface area contributed by atoms with Crippen LogP contribution in [0.3, 0.4) is 0 Å². The van der Waals surface area contributed by atoms with Crippen LogP contribution in [0.2, 0.25) is 0 Å². The molecule has 0 atom stereocenters. The molecule has 16 heavy (non-hydrogen) atoms. The molecule has 0 unspecified atom stereocenters. The topological polar surface area (TPSA) is 43.8 Å². The van der Waals surface area contributed by atoms with Crippen molar-refractivity contribution in [1.29, 1.82) is 0 Å². The molecule has 0 saturated heterocycles. The molecule has 0 amide bonds. The fourth-order valence-electron chi connectivity index (χ4n) is 2.17. The Bertz CT molecular complexity index is 376. The van der Waals surface area contributed by atoms with E-state index in [1.54, 1.807) is 17.1 Å². The summed E-state index contributed by atoms with van der Waals surface area (Å²) in [6.45, 7) is 4.95. The average molecular weight is 229 g/mol. The number of nitrogens with two attached hydrogens (primary N) is 1. The van der Waals surface area contributed by atoms with E-state index in [0.29, 0.717) is 5.92 Å². The molecule has 3 nitrogen and oxygen atoms in total. The molecular formula is C11H17F2N3. The van der Waals surface area contributed by atoms with Crippen molar-refractivity contribution in [2.75, 3.05) is 0 Å². The Morgan fingerprint density at radius 2 is 2.12 bits per heavy atom. The van der Waals surface area contributed by atoms with E-state index < -0.39 is 11.5 Å². The highest BCUT2D eigenvalue weighted by atomic mass is 19.3. The minimum Gasteiger partial charge on any atom is -0.321 e. The number of nitrogens with zero attached hydrogens (tertiary/aromatic N) is 2. The van der Waals surface area contributed by atoms with Crippen LogP contribution >= 0.6 is 0 Å². The summed E-state index contributed by atoms with van der Waals surface area (Å²) >= 11 is 0. The van der Waals surface area contributed by atoms with Crippen molar-refractivity contribution < 1.29 is 8.78 Å². The van der Waals surface area contributed by atoms with Gasteiger partial charge in [-0.25, -0.2) is 8.78 Å². The van der Waals surface area contributed by atoms with Crippen LogP contribution in [0.5, 0.6) is 0 Å². The molecule has 2 rings (SSSR count). The van der Waals surface area contributed by atoms with Crippen molar-refractivity contribution in [2.45, 2.75) is 44.7 Å². The number of rotatable bonds is 3. The molecule has 2 N–H and O–H groups in total. The first kappa shape index (κ1) is 11.5. The summed E-state index contributed by atoms with van der Waals surface area (Å²) in [5.41, 5.74) is 5.76. The van der Waals surface area contributed by atoms with Gasteiger partial charge in [-0.2, -0.15) is 5.10 Å². The minimum absolute atomic E-state index is 0.270. The lowest BCUT2D eigenvalue weighted by Crippen LogP contribution is -2.55. The maximum absolute atomic E-state index is 12.8. The Morgan fingerprint density at radius 3 is 2.62 bits per heavy atom. The maximum atomic E-state index is 12.8. The van der Waals surface area contributed by atoms with Crippen LogP contribution in [0.25, 0.3) is 0 Å². The SMILES string of the molecule is CC(C)Cn1cc(C2(N)CC(F)(F)C2)cn1. The predicted octanol–water partition coefficient (Wildman–Crippen LogP) is 2.12. The fraction of sp³-hybridized carbons (Fsp3) is 0.727. The zero-order chi connectivity index (χ0) is 12.0. The van der Waals surface area contributed by atoms with Crippen LogP contribution in [0.1, 0.15) is 32.3 Å². The van der Waals surface area contributed by atoms with Crippen molar-refractivity contribution in [3.05, 3.63) is 18.0 Å². The zero-order valence-electron chi connectivity index (χ0n) is 9.58. The predicted molar refractivity (Wildman–Crippen MR) is 57.1 cm³/mol. The van der Waals surface area contributed by atoms with Gasteiger partial charge in [0.05, 0.1) is 11.7 Å². The lowest BCUT2D eigenvalue weighted by atomic mass is 9.71. The molecule has 1 aromatic heterocycles. The average Bonchev–Trinajstić information content (AvgIpc) is 2.47. The zero-order valence-corrected chi connectivity index (χ0v) is 9.58. The highest BCUT2D eigenvalue weighted by Crippen LogP contribution is 2.49. The molecule has 0 aliphatic heterocycles. The summed E-state index contributed by atoms with van der Waals surface area (Å²) < 4.78 is 27.4. The van der Waals surface area contributed by atoms with Crippen molar-refractivity contribution in [2.24, 2.45) is 11.7 Å². The number of alkyl halides is 2. The molecule has 5 heteroatoms. The Kier molecular flexibility index (Phi) is 2.53. The van der Waals surface area contributed by atoms with E-state index in [4.69, 9.17) is 5.73 Å². The Hall–Kier alpha value is -0.970. The summed E-state index contributed by atoms with van der Waals surface area (Å²) in [6, 6.07) is 0. The fourth-order valence-corrected chi connectivity index (χ4v) is 2.17. The molecule has 1 aliphatic rings. The highest BCUT2D eigenvalue weighted by molar-refractivity contribution is 5.24. The molecule has 0 bridgehead atoms. The van der Waals surface area contributed by atoms with Gasteiger partial charge in [0.1, 0.15) is 0 Å². The summed E-state index contributed by atoms with van der Waals surface area (Å²) in [7, 11) is 0. The first-order chi connectivity index (χ1) is 7.31. The number of aromatic nitrogens is 2. The first-order valence-corrected chi connectivity index (χ1v) is 5.50. The van der Waals surface area contributed by atoms with Crippen LogP contribution in [0, 0.1) is 5.92 Å². The van der Waals surface area contributed by atoms with Crippen LogP contribution < -0.4 is 5.73 Å². The quantitative estimate of drug-likeness (QED) is 0.862. The van der Waals surface area contributed by atoms with Gasteiger partial charge in [0, 0.05) is 31.1 Å². The van der Waals surface area contributed by atoms with E-state index >= 15 is 0 Å². The van der Waals surface area contributed by atoms with Crippen molar-refractivity contribution in [3.63, 3.8) is 0 Å². The van der Waals surface area contributed by atoms with Gasteiger partial charge in [0.25, 0.3) is 5.92 Å². The van der Waals surface area contributed by atoms with E-state index in [-0.39, 0.29) is 12.8 Å². The van der Waals surface area contributed by atoms with Crippen molar-refractivity contribution in [1.82, 2.24) is 9.78 Å². The third-order valence-corrected chi connectivity index (χ3v) is 2.91. The molecule has 1 heterocycles. The van der Waals surface area contributed by atoms with Gasteiger partial charge >= 0.3 is 0 Å². The Morgan fingerprint density at radius 1 is 1.50 bits per heavy atom. The highest BCUT2D eigenvalue weighted by Gasteiger charge is 2.55. The van der Waals surface area contributed by atoms with E-state index in [0.717, 1.165) is 12.1 Å². The van der Waals surface area contributed by atoms with E-state index in [2.05, 4.69) is 18.9 Å². The van der Waals surface area contributed by atoms with Gasteiger partial charge in [-0.15, -0.1) is 0 Å². The van der Waals surface area contributed by atoms with E-state index in [1.165, 1.54) is 0 Å². The normalized spacial score (nSPS) is 22.1. The standard InChI is InChI=1S/C11H17F2N3/c1-8(2)4-16-5-9(3-15-16)10(14)6-11(12,13)7-10/h3,5,8H,4,6-7,14H2,1-2H3. The molecule has 0 aromatic carbocycles. The molecular weight excluding hydrogens is 212 g/mol. The lowest BCUT2D eigenvalue weighted by Gasteiger charge is -2.43. The Balaban J connectivity index is 2.08. The van der Waals surface area contributed by atoms with Gasteiger partial charge in [0.2, 0.25) is 0 Å². The molecule has 0 radical (unpaired) electrons. The van der Waals surface area contributed by atoms with Gasteiger partial charge in [0.15, 0.2) is 0 Å². The van der Waals surface area contributed by atoms with Gasteiger partial charge in [-0.05, 0) is 5.92 Å². The van der Waals surface area contributed by atoms with Crippen LogP contribution in [-0.2, 0) is 12.1 Å². The lowest BCUT2D eigenvalue weighted by molar-refractivity contribution is -0.125. The molecule has 1 aromatic rings. The third kappa shape index (κ3) is 2.09. The largest absolute Gasteiger partial charge is 0.321 e. The second kappa shape index (κ2) is 3.52. The van der Waals surface area contributed by atoms with E-state index in [1.807, 2.05) is 0 Å². The van der Waals surface area contributed by atoms with Gasteiger partial charge in [-0.1, -0.05) is 13.8 Å². The van der Waals surface area contributed by atoms with Crippen LogP contribution in [0.15, 0.2) is 12.4 Å². The van der Waals surface area contributed by atoms with Crippen LogP contribution in [-0.4, -0.2) is 15.7 Å². The smallest absolute Gasteiger partial charge is 0.252 e. The maximum Gasteiger partial charge on any atom is 0.252 e. The summed E-state index contributed by atoms with van der Waals surface area (Å²) in [5.74, 6) is -2.13. The number of hydrogen-bond donors (Lipinski definition) is 1. The summed E-state index contributed by atoms with van der Waals surface area (Å²) in [5, 5.41) is 4.14. The third-order valence-electron chi connectivity index (χ3n) is 2.91. The number of halogens is 2. The first-order valence-electron chi connectivity index (χ1n) is 5.50. The second-order valence-electron chi connectivity index (χ2n) is 5.21. The summed E-state index contributed by atoms with van der Waals surface area (Å²) in [4.78, 5) is 0. The summed E-state index contributed by atoms with van der Waals surface area (Å²) in [6.07, 6.45) is 2.85. The van der Waals surface area contributed by atoms with Crippen molar-refractivity contribution >= 4 is 0 Å². The Labute approximate surface area is 93.6 Å². The van der Waals surface area contributed by atoms with Gasteiger partial charge in [-0.3, -0.25) is 4.68 Å². The van der Waals surface area contributed by atoms with Crippen molar-refractivity contribution in [3.8, 4) is 0 Å². The molecule has 1 saturated carbocycles.